The first-order valence-electron chi connectivity index (χ1n) is 2.01. The fraction of sp³-hybridized carbons (Fsp3) is 1.00. The van der Waals surface area contributed by atoms with Gasteiger partial charge in [-0.2, -0.15) is 0 Å². The summed E-state index contributed by atoms with van der Waals surface area (Å²) in [7, 11) is 0. The van der Waals surface area contributed by atoms with Crippen LogP contribution in [0.2, 0.25) is 0 Å². The second kappa shape index (κ2) is 16.0. The minimum Gasteiger partial charge on any atom is -0.250 e. The molecule has 0 nitrogen and oxygen atoms in total. The lowest BCUT2D eigenvalue weighted by Gasteiger charge is -1.62. The fourth-order valence-electron chi connectivity index (χ4n) is 0. The van der Waals surface area contributed by atoms with E-state index in [1.165, 1.54) is 0 Å². The molecule has 0 bridgehead atoms. The van der Waals surface area contributed by atoms with Crippen LogP contribution in [0.3, 0.4) is 0 Å². The molecule has 0 unspecified atom stereocenters. The predicted octanol–water partition coefficient (Wildman–Crippen LogP) is 2.44. The second-order valence-corrected chi connectivity index (χ2v) is 1.56. The average molecular weight is 147 g/mol. The lowest BCUT2D eigenvalue weighted by atomic mass is 10.9. The molecule has 0 rings (SSSR count). The molecule has 0 fully saturated rings. The van der Waals surface area contributed by atoms with Crippen molar-refractivity contribution in [3.05, 3.63) is 0 Å². The van der Waals surface area contributed by atoms with E-state index in [2.05, 4.69) is 0 Å². The van der Waals surface area contributed by atoms with Gasteiger partial charge in [-0.05, 0) is 0 Å². The van der Waals surface area contributed by atoms with Gasteiger partial charge < -0.3 is 0 Å². The molecule has 0 aromatic heterocycles. The van der Waals surface area contributed by atoms with E-state index < -0.39 is 6.67 Å². The smallest absolute Gasteiger partial charge is 0.103 e. The van der Waals surface area contributed by atoms with Gasteiger partial charge in [-0.25, -0.2) is 4.39 Å². The molecule has 0 aliphatic heterocycles. The van der Waals surface area contributed by atoms with Crippen LogP contribution in [0.15, 0.2) is 0 Å². The van der Waals surface area contributed by atoms with Gasteiger partial charge in [0.2, 0.25) is 0 Å². The van der Waals surface area contributed by atoms with Crippen LogP contribution < -0.4 is 0 Å². The van der Waals surface area contributed by atoms with Crippen LogP contribution in [0, 0.1) is 0 Å². The van der Waals surface area contributed by atoms with Gasteiger partial charge in [0.25, 0.3) is 0 Å². The predicted molar refractivity (Wildman–Crippen MR) is 33.1 cm³/mol. The van der Waals surface area contributed by atoms with Crippen LogP contribution in [-0.2, 0) is 0 Å². The summed E-state index contributed by atoms with van der Waals surface area (Å²) in [6, 6.07) is 0. The van der Waals surface area contributed by atoms with Crippen molar-refractivity contribution in [3.8, 4) is 0 Å². The first-order chi connectivity index (χ1) is 3.33. The highest BCUT2D eigenvalue weighted by Crippen LogP contribution is 1.69. The standard InChI is InChI=1S/C2H4ClF.C2H5Cl/c3-1-2-4;1-2-3/h1-2H2;2H2,1H3. The number of halogens is 3. The van der Waals surface area contributed by atoms with Crippen LogP contribution in [-0.4, -0.2) is 18.4 Å². The van der Waals surface area contributed by atoms with Crippen molar-refractivity contribution in [1.29, 1.82) is 0 Å². The van der Waals surface area contributed by atoms with Crippen molar-refractivity contribution in [3.63, 3.8) is 0 Å². The molecule has 46 valence electrons. The Kier molecular flexibility index (Phi) is 24.0. The van der Waals surface area contributed by atoms with Gasteiger partial charge in [-0.15, -0.1) is 23.2 Å². The molecule has 3 heteroatoms. The monoisotopic (exact) mass is 146 g/mol. The highest BCUT2D eigenvalue weighted by atomic mass is 35.5. The summed E-state index contributed by atoms with van der Waals surface area (Å²) in [6.45, 7) is 1.48. The van der Waals surface area contributed by atoms with Gasteiger partial charge in [0, 0.05) is 5.88 Å². The van der Waals surface area contributed by atoms with E-state index in [1.807, 2.05) is 6.92 Å². The molecule has 0 radical (unpaired) electrons. The van der Waals surface area contributed by atoms with Gasteiger partial charge in [0.1, 0.15) is 6.67 Å². The third kappa shape index (κ3) is 58.1. The summed E-state index contributed by atoms with van der Waals surface area (Å²) < 4.78 is 10.6. The Bertz CT molecular complexity index is 17.2. The Morgan fingerprint density at radius 3 is 1.57 bits per heavy atom. The summed E-state index contributed by atoms with van der Waals surface area (Å²) in [5.41, 5.74) is 0. The molecule has 7 heavy (non-hydrogen) atoms. The number of hydrogen-bond donors (Lipinski definition) is 0. The van der Waals surface area contributed by atoms with Gasteiger partial charge in [0.15, 0.2) is 0 Å². The minimum absolute atomic E-state index is 0.125. The summed E-state index contributed by atoms with van der Waals surface area (Å²) in [5, 5.41) is 0. The normalized spacial score (nSPS) is 6.86. The molecule has 0 heterocycles. The molecule has 0 N–H and O–H groups in total. The first-order valence-corrected chi connectivity index (χ1v) is 3.08. The van der Waals surface area contributed by atoms with Gasteiger partial charge in [0.05, 0.1) is 5.88 Å². The molecule has 0 aromatic carbocycles. The maximum atomic E-state index is 10.6. The first kappa shape index (κ1) is 10.5. The van der Waals surface area contributed by atoms with Gasteiger partial charge in [-0.1, -0.05) is 6.92 Å². The number of rotatable bonds is 1. The lowest BCUT2D eigenvalue weighted by Crippen LogP contribution is -1.66. The quantitative estimate of drug-likeness (QED) is 0.499. The molecule has 0 amide bonds. The van der Waals surface area contributed by atoms with Crippen molar-refractivity contribution >= 4 is 23.2 Å². The highest BCUT2D eigenvalue weighted by molar-refractivity contribution is 6.18. The molecule has 0 spiro atoms. The van der Waals surface area contributed by atoms with Crippen molar-refractivity contribution in [2.75, 3.05) is 18.4 Å². The fourth-order valence-corrected chi connectivity index (χ4v) is 0. The summed E-state index contributed by atoms with van der Waals surface area (Å²) >= 11 is 9.81. The Morgan fingerprint density at radius 1 is 1.43 bits per heavy atom. The van der Waals surface area contributed by atoms with Crippen molar-refractivity contribution < 1.29 is 4.39 Å². The molecule has 0 saturated heterocycles. The van der Waals surface area contributed by atoms with E-state index in [4.69, 9.17) is 23.2 Å². The van der Waals surface area contributed by atoms with Crippen molar-refractivity contribution in [1.82, 2.24) is 0 Å². The van der Waals surface area contributed by atoms with Crippen LogP contribution in [0.5, 0.6) is 0 Å². The SMILES string of the molecule is CCCl.FCCCl. The van der Waals surface area contributed by atoms with E-state index in [1.54, 1.807) is 0 Å². The third-order valence-electron chi connectivity index (χ3n) is 0.0714. The molecule has 0 aliphatic rings. The van der Waals surface area contributed by atoms with Crippen LogP contribution in [0.4, 0.5) is 4.39 Å². The zero-order chi connectivity index (χ0) is 6.12. The topological polar surface area (TPSA) is 0 Å². The van der Waals surface area contributed by atoms with Crippen molar-refractivity contribution in [2.45, 2.75) is 6.92 Å². The van der Waals surface area contributed by atoms with Gasteiger partial charge in [-0.3, -0.25) is 0 Å². The number of alkyl halides is 3. The van der Waals surface area contributed by atoms with E-state index in [0.29, 0.717) is 0 Å². The number of hydrogen-bond acceptors (Lipinski definition) is 0. The molecular formula is C4H9Cl2F. The third-order valence-corrected chi connectivity index (χ3v) is 0.214. The van der Waals surface area contributed by atoms with Crippen LogP contribution in [0.25, 0.3) is 0 Å². The van der Waals surface area contributed by atoms with Crippen molar-refractivity contribution in [2.24, 2.45) is 0 Å². The zero-order valence-corrected chi connectivity index (χ0v) is 5.77. The molecule has 0 aromatic rings. The van der Waals surface area contributed by atoms with E-state index in [-0.39, 0.29) is 5.88 Å². The maximum absolute atomic E-state index is 10.6. The molecular weight excluding hydrogens is 138 g/mol. The summed E-state index contributed by atoms with van der Waals surface area (Å²) in [4.78, 5) is 0. The van der Waals surface area contributed by atoms with Crippen LogP contribution >= 0.6 is 23.2 Å². The maximum Gasteiger partial charge on any atom is 0.103 e. The Hall–Kier alpha value is 0.510. The van der Waals surface area contributed by atoms with E-state index in [9.17, 15) is 4.39 Å². The Morgan fingerprint density at radius 2 is 1.57 bits per heavy atom. The average Bonchev–Trinajstić information content (AvgIpc) is 1.69. The molecule has 0 atom stereocenters. The molecule has 0 aliphatic carbocycles. The lowest BCUT2D eigenvalue weighted by molar-refractivity contribution is 0.531. The highest BCUT2D eigenvalue weighted by Gasteiger charge is 1.63. The largest absolute Gasteiger partial charge is 0.250 e. The van der Waals surface area contributed by atoms with Crippen LogP contribution in [0.1, 0.15) is 6.92 Å². The minimum atomic E-state index is -0.415. The summed E-state index contributed by atoms with van der Waals surface area (Å²) in [5.74, 6) is 0.847. The Labute approximate surface area is 53.6 Å². The molecule has 0 saturated carbocycles. The van der Waals surface area contributed by atoms with E-state index in [0.717, 1.165) is 5.88 Å². The van der Waals surface area contributed by atoms with Gasteiger partial charge >= 0.3 is 0 Å². The zero-order valence-electron chi connectivity index (χ0n) is 4.26. The Balaban J connectivity index is 0. The second-order valence-electron chi connectivity index (χ2n) is 0.645. The summed E-state index contributed by atoms with van der Waals surface area (Å²) in [6.07, 6.45) is 0. The van der Waals surface area contributed by atoms with E-state index >= 15 is 0 Å².